The highest BCUT2D eigenvalue weighted by Crippen LogP contribution is 2.29. The summed E-state index contributed by atoms with van der Waals surface area (Å²) in [4.78, 5) is 4.21. The molecule has 0 spiro atoms. The van der Waals surface area contributed by atoms with Crippen LogP contribution in [0.3, 0.4) is 0 Å². The standard InChI is InChI=1S/C12H19F2N3O2/c13-9(14)8-18-6-3-10-16-11(19-17-10)7-12(15)4-1-2-5-12/h9H,1-8,15H2. The Kier molecular flexibility index (Phi) is 4.81. The second kappa shape index (κ2) is 6.38. The normalized spacial score (nSPS) is 18.3. The summed E-state index contributed by atoms with van der Waals surface area (Å²) in [7, 11) is 0. The van der Waals surface area contributed by atoms with E-state index < -0.39 is 13.0 Å². The van der Waals surface area contributed by atoms with E-state index >= 15 is 0 Å². The number of hydrogen-bond donors (Lipinski definition) is 1. The molecule has 0 atom stereocenters. The molecule has 2 N–H and O–H groups in total. The van der Waals surface area contributed by atoms with E-state index in [2.05, 4.69) is 10.1 Å². The maximum Gasteiger partial charge on any atom is 0.261 e. The second-order valence-corrected chi connectivity index (χ2v) is 5.07. The lowest BCUT2D eigenvalue weighted by Crippen LogP contribution is -2.38. The van der Waals surface area contributed by atoms with Crippen LogP contribution < -0.4 is 5.73 Å². The molecule has 0 aliphatic heterocycles. The Balaban J connectivity index is 1.75. The van der Waals surface area contributed by atoms with Crippen LogP contribution in [0.4, 0.5) is 8.78 Å². The Hall–Kier alpha value is -1.08. The highest BCUT2D eigenvalue weighted by atomic mass is 19.3. The fourth-order valence-corrected chi connectivity index (χ4v) is 2.36. The third kappa shape index (κ3) is 4.50. The average Bonchev–Trinajstić information content (AvgIpc) is 2.95. The zero-order chi connectivity index (χ0) is 13.7. The minimum Gasteiger partial charge on any atom is -0.375 e. The molecule has 1 fully saturated rings. The molecule has 1 heterocycles. The molecular formula is C12H19F2N3O2. The molecule has 1 aromatic heterocycles. The number of nitrogens with zero attached hydrogens (tertiary/aromatic N) is 2. The smallest absolute Gasteiger partial charge is 0.261 e. The average molecular weight is 275 g/mol. The Labute approximate surface area is 110 Å². The minimum atomic E-state index is -2.44. The van der Waals surface area contributed by atoms with Crippen LogP contribution in [-0.4, -0.2) is 35.3 Å². The zero-order valence-electron chi connectivity index (χ0n) is 10.8. The van der Waals surface area contributed by atoms with Crippen LogP contribution in [0, 0.1) is 0 Å². The second-order valence-electron chi connectivity index (χ2n) is 5.07. The van der Waals surface area contributed by atoms with Crippen molar-refractivity contribution < 1.29 is 18.0 Å². The maximum absolute atomic E-state index is 11.8. The van der Waals surface area contributed by atoms with Gasteiger partial charge in [-0.3, -0.25) is 0 Å². The Bertz CT molecular complexity index is 392. The molecule has 19 heavy (non-hydrogen) atoms. The lowest BCUT2D eigenvalue weighted by atomic mass is 9.95. The van der Waals surface area contributed by atoms with Gasteiger partial charge in [-0.1, -0.05) is 18.0 Å². The molecule has 2 rings (SSSR count). The number of nitrogens with two attached hydrogens (primary N) is 1. The number of ether oxygens (including phenoxy) is 1. The molecule has 0 aromatic carbocycles. The fraction of sp³-hybridized carbons (Fsp3) is 0.833. The summed E-state index contributed by atoms with van der Waals surface area (Å²) >= 11 is 0. The molecule has 0 bridgehead atoms. The predicted molar refractivity (Wildman–Crippen MR) is 63.9 cm³/mol. The van der Waals surface area contributed by atoms with Gasteiger partial charge in [0, 0.05) is 18.4 Å². The fourth-order valence-electron chi connectivity index (χ4n) is 2.36. The molecule has 0 amide bonds. The minimum absolute atomic E-state index is 0.164. The van der Waals surface area contributed by atoms with Gasteiger partial charge >= 0.3 is 0 Å². The molecule has 1 aliphatic carbocycles. The van der Waals surface area contributed by atoms with E-state index in [1.54, 1.807) is 0 Å². The summed E-state index contributed by atoms with van der Waals surface area (Å²) in [6, 6.07) is 0. The SMILES string of the molecule is NC1(Cc2nc(CCOCC(F)F)no2)CCCC1. The van der Waals surface area contributed by atoms with Crippen molar-refractivity contribution in [1.82, 2.24) is 10.1 Å². The molecule has 0 radical (unpaired) electrons. The Morgan fingerprint density at radius 3 is 2.79 bits per heavy atom. The van der Waals surface area contributed by atoms with Crippen molar-refractivity contribution in [3.05, 3.63) is 11.7 Å². The quantitative estimate of drug-likeness (QED) is 0.767. The van der Waals surface area contributed by atoms with Crippen LogP contribution >= 0.6 is 0 Å². The van der Waals surface area contributed by atoms with Gasteiger partial charge in [0.15, 0.2) is 5.82 Å². The third-order valence-electron chi connectivity index (χ3n) is 3.33. The van der Waals surface area contributed by atoms with Crippen LogP contribution in [0.25, 0.3) is 0 Å². The summed E-state index contributed by atoms with van der Waals surface area (Å²) in [6.45, 7) is -0.395. The van der Waals surface area contributed by atoms with Gasteiger partial charge in [0.05, 0.1) is 6.61 Å². The van der Waals surface area contributed by atoms with Crippen molar-refractivity contribution in [2.45, 2.75) is 50.5 Å². The zero-order valence-corrected chi connectivity index (χ0v) is 10.8. The predicted octanol–water partition coefficient (Wildman–Crippen LogP) is 1.71. The van der Waals surface area contributed by atoms with Gasteiger partial charge in [-0.05, 0) is 12.8 Å². The van der Waals surface area contributed by atoms with E-state index in [-0.39, 0.29) is 12.1 Å². The Morgan fingerprint density at radius 2 is 2.11 bits per heavy atom. The van der Waals surface area contributed by atoms with Gasteiger partial charge in [-0.25, -0.2) is 8.78 Å². The third-order valence-corrected chi connectivity index (χ3v) is 3.33. The van der Waals surface area contributed by atoms with Crippen molar-refractivity contribution in [3.63, 3.8) is 0 Å². The first-order chi connectivity index (χ1) is 9.07. The molecule has 1 saturated carbocycles. The van der Waals surface area contributed by atoms with Gasteiger partial charge in [0.1, 0.15) is 6.61 Å². The van der Waals surface area contributed by atoms with Crippen LogP contribution in [-0.2, 0) is 17.6 Å². The van der Waals surface area contributed by atoms with Gasteiger partial charge in [0.2, 0.25) is 5.89 Å². The molecule has 5 nitrogen and oxygen atoms in total. The van der Waals surface area contributed by atoms with Crippen molar-refractivity contribution >= 4 is 0 Å². The molecule has 0 saturated heterocycles. The van der Waals surface area contributed by atoms with Crippen molar-refractivity contribution in [2.75, 3.05) is 13.2 Å². The van der Waals surface area contributed by atoms with Crippen molar-refractivity contribution in [1.29, 1.82) is 0 Å². The lowest BCUT2D eigenvalue weighted by Gasteiger charge is -2.20. The van der Waals surface area contributed by atoms with Crippen LogP contribution in [0.1, 0.15) is 37.4 Å². The van der Waals surface area contributed by atoms with E-state index in [0.29, 0.717) is 24.6 Å². The van der Waals surface area contributed by atoms with Crippen LogP contribution in [0.2, 0.25) is 0 Å². The number of aromatic nitrogens is 2. The first-order valence-corrected chi connectivity index (χ1v) is 6.54. The molecule has 7 heteroatoms. The first kappa shape index (κ1) is 14.3. The molecule has 0 unspecified atom stereocenters. The summed E-state index contributed by atoms with van der Waals surface area (Å²) in [5.41, 5.74) is 5.99. The van der Waals surface area contributed by atoms with E-state index in [4.69, 9.17) is 15.0 Å². The van der Waals surface area contributed by atoms with Gasteiger partial charge in [0.25, 0.3) is 6.43 Å². The maximum atomic E-state index is 11.8. The highest BCUT2D eigenvalue weighted by molar-refractivity contribution is 4.98. The van der Waals surface area contributed by atoms with Crippen LogP contribution in [0.15, 0.2) is 4.52 Å². The molecule has 108 valence electrons. The van der Waals surface area contributed by atoms with Crippen LogP contribution in [0.5, 0.6) is 0 Å². The first-order valence-electron chi connectivity index (χ1n) is 6.54. The lowest BCUT2D eigenvalue weighted by molar-refractivity contribution is 0.0182. The van der Waals surface area contributed by atoms with Crippen molar-refractivity contribution in [3.8, 4) is 0 Å². The largest absolute Gasteiger partial charge is 0.375 e. The number of halogens is 2. The van der Waals surface area contributed by atoms with E-state index in [1.807, 2.05) is 0 Å². The highest BCUT2D eigenvalue weighted by Gasteiger charge is 2.31. The number of hydrogen-bond acceptors (Lipinski definition) is 5. The summed E-state index contributed by atoms with van der Waals surface area (Å²) in [6.07, 6.45) is 2.73. The van der Waals surface area contributed by atoms with E-state index in [9.17, 15) is 8.78 Å². The van der Waals surface area contributed by atoms with Gasteiger partial charge in [-0.15, -0.1) is 0 Å². The topological polar surface area (TPSA) is 74.2 Å². The molecule has 1 aromatic rings. The number of rotatable bonds is 7. The van der Waals surface area contributed by atoms with Gasteiger partial charge < -0.3 is 15.0 Å². The van der Waals surface area contributed by atoms with Crippen molar-refractivity contribution in [2.24, 2.45) is 5.73 Å². The summed E-state index contributed by atoms with van der Waals surface area (Å²) in [5.74, 6) is 0.999. The van der Waals surface area contributed by atoms with Gasteiger partial charge in [-0.2, -0.15) is 4.98 Å². The van der Waals surface area contributed by atoms with E-state index in [1.165, 1.54) is 0 Å². The Morgan fingerprint density at radius 1 is 1.37 bits per heavy atom. The monoisotopic (exact) mass is 275 g/mol. The molecule has 1 aliphatic rings. The summed E-state index contributed by atoms with van der Waals surface area (Å²) < 4.78 is 33.6. The number of alkyl halides is 2. The summed E-state index contributed by atoms with van der Waals surface area (Å²) in [5, 5.41) is 3.80. The van der Waals surface area contributed by atoms with E-state index in [0.717, 1.165) is 25.7 Å². The molecular weight excluding hydrogens is 256 g/mol.